The minimum atomic E-state index is -0.545. The Labute approximate surface area is 170 Å². The van der Waals surface area contributed by atoms with Gasteiger partial charge in [-0.2, -0.15) is 5.10 Å². The van der Waals surface area contributed by atoms with E-state index < -0.39 is 11.7 Å². The number of ether oxygens (including phenoxy) is 2. The zero-order chi connectivity index (χ0) is 20.7. The van der Waals surface area contributed by atoms with Crippen LogP contribution in [-0.2, 0) is 9.59 Å². The number of halogens is 1. The monoisotopic (exact) mass is 408 g/mol. The van der Waals surface area contributed by atoms with Crippen LogP contribution in [0.2, 0.25) is 0 Å². The lowest BCUT2D eigenvalue weighted by atomic mass is 10.1. The Bertz CT molecular complexity index is 1130. The fourth-order valence-corrected chi connectivity index (χ4v) is 3.61. The first-order chi connectivity index (χ1) is 14.6. The Morgan fingerprint density at radius 1 is 1.17 bits per heavy atom. The van der Waals surface area contributed by atoms with Crippen molar-refractivity contribution in [3.63, 3.8) is 0 Å². The Morgan fingerprint density at radius 3 is 2.83 bits per heavy atom. The molecule has 3 heterocycles. The molecule has 2 amide bonds. The van der Waals surface area contributed by atoms with E-state index in [-0.39, 0.29) is 37.3 Å². The summed E-state index contributed by atoms with van der Waals surface area (Å²) in [6, 6.07) is 11.3. The minimum Gasteiger partial charge on any atom is -0.454 e. The van der Waals surface area contributed by atoms with Crippen LogP contribution in [-0.4, -0.2) is 34.9 Å². The highest BCUT2D eigenvalue weighted by molar-refractivity contribution is 6.03. The highest BCUT2D eigenvalue weighted by Gasteiger charge is 2.35. The predicted octanol–water partition coefficient (Wildman–Crippen LogP) is 2.73. The minimum absolute atomic E-state index is 0.0775. The van der Waals surface area contributed by atoms with E-state index >= 15 is 0 Å². The SMILES string of the molecule is O=C(Nc1ccc(-n2cccn2)c(F)c1)C1CC(=O)N(c2ccc3c(c2)OCO3)C1. The Morgan fingerprint density at radius 2 is 2.03 bits per heavy atom. The first-order valence-electron chi connectivity index (χ1n) is 9.39. The van der Waals surface area contributed by atoms with Gasteiger partial charge in [0.2, 0.25) is 18.6 Å². The summed E-state index contributed by atoms with van der Waals surface area (Å²) in [6.07, 6.45) is 3.26. The van der Waals surface area contributed by atoms with Gasteiger partial charge in [0.05, 0.1) is 5.92 Å². The summed E-state index contributed by atoms with van der Waals surface area (Å²) in [6.45, 7) is 0.381. The van der Waals surface area contributed by atoms with Crippen molar-refractivity contribution in [1.29, 1.82) is 0 Å². The molecule has 0 bridgehead atoms. The summed E-state index contributed by atoms with van der Waals surface area (Å²) in [5, 5.41) is 6.70. The number of anilines is 2. The van der Waals surface area contributed by atoms with E-state index in [9.17, 15) is 14.0 Å². The molecule has 1 N–H and O–H groups in total. The van der Waals surface area contributed by atoms with Crippen molar-refractivity contribution < 1.29 is 23.5 Å². The standard InChI is InChI=1S/C21H17FN4O4/c22-16-9-14(2-4-17(16)26-7-1-6-23-26)24-21(28)13-8-20(27)25(11-13)15-3-5-18-19(10-15)30-12-29-18/h1-7,9-10,13H,8,11-12H2,(H,24,28). The third-order valence-corrected chi connectivity index (χ3v) is 5.13. The largest absolute Gasteiger partial charge is 0.454 e. The number of carbonyl (C=O) groups excluding carboxylic acids is 2. The predicted molar refractivity (Wildman–Crippen MR) is 105 cm³/mol. The van der Waals surface area contributed by atoms with Crippen LogP contribution >= 0.6 is 0 Å². The van der Waals surface area contributed by atoms with Crippen molar-refractivity contribution in [1.82, 2.24) is 9.78 Å². The van der Waals surface area contributed by atoms with Gasteiger partial charge in [0.15, 0.2) is 17.3 Å². The first-order valence-corrected chi connectivity index (χ1v) is 9.39. The Hall–Kier alpha value is -3.88. The number of amides is 2. The molecule has 2 aromatic carbocycles. The van der Waals surface area contributed by atoms with Crippen LogP contribution in [0.15, 0.2) is 54.9 Å². The third kappa shape index (κ3) is 3.24. The van der Waals surface area contributed by atoms with E-state index in [2.05, 4.69) is 10.4 Å². The van der Waals surface area contributed by atoms with Crippen LogP contribution in [0.25, 0.3) is 5.69 Å². The molecule has 5 rings (SSSR count). The first kappa shape index (κ1) is 18.2. The number of carbonyl (C=O) groups is 2. The Balaban J connectivity index is 1.28. The van der Waals surface area contributed by atoms with Crippen molar-refractivity contribution in [3.05, 3.63) is 60.7 Å². The van der Waals surface area contributed by atoms with Gasteiger partial charge in [0.25, 0.3) is 0 Å². The lowest BCUT2D eigenvalue weighted by Gasteiger charge is -2.17. The van der Waals surface area contributed by atoms with Crippen molar-refractivity contribution in [2.24, 2.45) is 5.92 Å². The van der Waals surface area contributed by atoms with E-state index in [4.69, 9.17) is 9.47 Å². The zero-order valence-electron chi connectivity index (χ0n) is 15.7. The highest BCUT2D eigenvalue weighted by atomic mass is 19.1. The number of benzene rings is 2. The second-order valence-corrected chi connectivity index (χ2v) is 7.05. The summed E-state index contributed by atoms with van der Waals surface area (Å²) in [7, 11) is 0. The van der Waals surface area contributed by atoms with Crippen LogP contribution in [0.1, 0.15) is 6.42 Å². The average Bonchev–Trinajstić information content (AvgIpc) is 3.48. The highest BCUT2D eigenvalue weighted by Crippen LogP contribution is 2.37. The molecule has 2 aliphatic heterocycles. The molecule has 9 heteroatoms. The van der Waals surface area contributed by atoms with Crippen LogP contribution < -0.4 is 19.7 Å². The number of nitrogens with one attached hydrogen (secondary N) is 1. The molecule has 1 atom stereocenters. The molecule has 8 nitrogen and oxygen atoms in total. The fourth-order valence-electron chi connectivity index (χ4n) is 3.61. The van der Waals surface area contributed by atoms with E-state index in [0.29, 0.717) is 22.9 Å². The molecule has 1 fully saturated rings. The number of rotatable bonds is 4. The summed E-state index contributed by atoms with van der Waals surface area (Å²) in [4.78, 5) is 26.7. The van der Waals surface area contributed by atoms with Crippen LogP contribution in [0.4, 0.5) is 15.8 Å². The van der Waals surface area contributed by atoms with Gasteiger partial charge >= 0.3 is 0 Å². The molecule has 0 aliphatic carbocycles. The van der Waals surface area contributed by atoms with Crippen LogP contribution in [0.5, 0.6) is 11.5 Å². The number of hydrogen-bond donors (Lipinski definition) is 1. The molecule has 0 saturated carbocycles. The molecule has 30 heavy (non-hydrogen) atoms. The maximum absolute atomic E-state index is 14.4. The van der Waals surface area contributed by atoms with E-state index in [0.717, 1.165) is 0 Å². The van der Waals surface area contributed by atoms with E-state index in [1.807, 2.05) is 0 Å². The molecule has 0 radical (unpaired) electrons. The summed E-state index contributed by atoms with van der Waals surface area (Å²) in [5.41, 5.74) is 1.25. The molecule has 0 spiro atoms. The zero-order valence-corrected chi connectivity index (χ0v) is 15.7. The molecule has 152 valence electrons. The molecule has 2 aliphatic rings. The molecule has 1 aromatic heterocycles. The summed E-state index contributed by atoms with van der Waals surface area (Å²) >= 11 is 0. The van der Waals surface area contributed by atoms with Gasteiger partial charge in [-0.25, -0.2) is 9.07 Å². The van der Waals surface area contributed by atoms with Gasteiger partial charge in [-0.1, -0.05) is 0 Å². The molecular weight excluding hydrogens is 391 g/mol. The second-order valence-electron chi connectivity index (χ2n) is 7.05. The second kappa shape index (κ2) is 7.18. The fraction of sp³-hybridized carbons (Fsp3) is 0.190. The van der Waals surface area contributed by atoms with Gasteiger partial charge in [-0.3, -0.25) is 9.59 Å². The van der Waals surface area contributed by atoms with Gasteiger partial charge in [-0.05, 0) is 36.4 Å². The maximum atomic E-state index is 14.4. The van der Waals surface area contributed by atoms with Gasteiger partial charge in [0.1, 0.15) is 5.69 Å². The maximum Gasteiger partial charge on any atom is 0.231 e. The lowest BCUT2D eigenvalue weighted by molar-refractivity contribution is -0.122. The average molecular weight is 408 g/mol. The summed E-state index contributed by atoms with van der Waals surface area (Å²) in [5.74, 6) is -0.356. The van der Waals surface area contributed by atoms with Crippen molar-refractivity contribution in [3.8, 4) is 17.2 Å². The summed E-state index contributed by atoms with van der Waals surface area (Å²) < 4.78 is 26.4. The Kier molecular flexibility index (Phi) is 4.35. The number of fused-ring (bicyclic) bond motifs is 1. The quantitative estimate of drug-likeness (QED) is 0.718. The number of hydrogen-bond acceptors (Lipinski definition) is 5. The van der Waals surface area contributed by atoms with Crippen LogP contribution in [0, 0.1) is 11.7 Å². The third-order valence-electron chi connectivity index (χ3n) is 5.13. The van der Waals surface area contributed by atoms with Gasteiger partial charge in [0, 0.05) is 42.8 Å². The van der Waals surface area contributed by atoms with Gasteiger partial charge in [-0.15, -0.1) is 0 Å². The normalized spacial score (nSPS) is 17.4. The number of aromatic nitrogens is 2. The topological polar surface area (TPSA) is 85.7 Å². The van der Waals surface area contributed by atoms with Gasteiger partial charge < -0.3 is 19.7 Å². The van der Waals surface area contributed by atoms with Crippen molar-refractivity contribution in [2.75, 3.05) is 23.6 Å². The van der Waals surface area contributed by atoms with Crippen molar-refractivity contribution in [2.45, 2.75) is 6.42 Å². The molecule has 3 aromatic rings. The smallest absolute Gasteiger partial charge is 0.231 e. The molecule has 1 saturated heterocycles. The van der Waals surface area contributed by atoms with Crippen LogP contribution in [0.3, 0.4) is 0 Å². The molecule has 1 unspecified atom stereocenters. The lowest BCUT2D eigenvalue weighted by Crippen LogP contribution is -2.28. The van der Waals surface area contributed by atoms with E-state index in [1.54, 1.807) is 47.6 Å². The van der Waals surface area contributed by atoms with Crippen molar-refractivity contribution >= 4 is 23.2 Å². The van der Waals surface area contributed by atoms with E-state index in [1.165, 1.54) is 16.8 Å². The number of nitrogens with zero attached hydrogens (tertiary/aromatic N) is 3. The molecular formula is C21H17FN4O4.